The number of carboxylic acid groups (broad SMARTS) is 1. The first-order chi connectivity index (χ1) is 11.5. The van der Waals surface area contributed by atoms with Crippen LogP contribution in [0.1, 0.15) is 12.1 Å². The molecule has 0 aliphatic carbocycles. The zero-order valence-corrected chi connectivity index (χ0v) is 13.4. The van der Waals surface area contributed by atoms with E-state index in [1.807, 2.05) is 6.07 Å². The Morgan fingerprint density at radius 1 is 1.54 bits per heavy atom. The average molecular weight is 350 g/mol. The molecule has 5 N–H and O–H groups in total. The predicted octanol–water partition coefficient (Wildman–Crippen LogP) is 1.81. The van der Waals surface area contributed by atoms with Gasteiger partial charge >= 0.3 is 6.09 Å². The van der Waals surface area contributed by atoms with E-state index in [1.54, 1.807) is 18.2 Å². The van der Waals surface area contributed by atoms with Crippen LogP contribution in [0.2, 0.25) is 5.02 Å². The number of nitrogens with zero attached hydrogens (tertiary/aromatic N) is 2. The van der Waals surface area contributed by atoms with Gasteiger partial charge in [0.1, 0.15) is 11.8 Å². The third-order valence-electron chi connectivity index (χ3n) is 3.87. The third-order valence-corrected chi connectivity index (χ3v) is 4.18. The van der Waals surface area contributed by atoms with Crippen LogP contribution in [0.15, 0.2) is 24.3 Å². The number of rotatable bonds is 3. The molecule has 1 aliphatic heterocycles. The van der Waals surface area contributed by atoms with E-state index in [1.165, 1.54) is 4.90 Å². The molecule has 1 aromatic heterocycles. The van der Waals surface area contributed by atoms with Crippen molar-refractivity contribution in [1.29, 1.82) is 5.41 Å². The molecule has 9 heteroatoms. The number of halogens is 1. The van der Waals surface area contributed by atoms with Crippen LogP contribution < -0.4 is 16.0 Å². The number of hydrogen-bond acceptors (Lipinski definition) is 5. The minimum absolute atomic E-state index is 0.0553. The van der Waals surface area contributed by atoms with Gasteiger partial charge in [-0.15, -0.1) is 0 Å². The Balaban J connectivity index is 1.99. The molecule has 1 amide bonds. The number of amidine groups is 1. The minimum Gasteiger partial charge on any atom is -0.472 e. The van der Waals surface area contributed by atoms with Gasteiger partial charge in [-0.1, -0.05) is 23.7 Å². The van der Waals surface area contributed by atoms with E-state index >= 15 is 0 Å². The Morgan fingerprint density at radius 2 is 2.33 bits per heavy atom. The maximum atomic E-state index is 11.0. The number of aromatic nitrogens is 1. The van der Waals surface area contributed by atoms with E-state index in [4.69, 9.17) is 32.7 Å². The van der Waals surface area contributed by atoms with Crippen LogP contribution in [-0.2, 0) is 0 Å². The Kier molecular flexibility index (Phi) is 4.41. The fourth-order valence-electron chi connectivity index (χ4n) is 2.67. The quantitative estimate of drug-likeness (QED) is 0.290. The highest BCUT2D eigenvalue weighted by Gasteiger charge is 2.28. The molecule has 3 rings (SSSR count). The molecule has 2 heterocycles. The van der Waals surface area contributed by atoms with Gasteiger partial charge in [-0.2, -0.15) is 0 Å². The maximum absolute atomic E-state index is 11.0. The first kappa shape index (κ1) is 16.3. The molecular weight excluding hydrogens is 334 g/mol. The summed E-state index contributed by atoms with van der Waals surface area (Å²) in [7, 11) is 0. The number of nitrogens with one attached hydrogen (secondary N) is 2. The number of nitrogens with two attached hydrogens (primary N) is 1. The van der Waals surface area contributed by atoms with Gasteiger partial charge in [-0.25, -0.2) is 15.6 Å². The number of benzene rings is 1. The van der Waals surface area contributed by atoms with Crippen LogP contribution in [0.4, 0.5) is 4.79 Å². The minimum atomic E-state index is -0.972. The number of ether oxygens (including phenoxy) is 1. The van der Waals surface area contributed by atoms with Crippen LogP contribution >= 0.6 is 11.6 Å². The molecule has 1 atom stereocenters. The van der Waals surface area contributed by atoms with E-state index in [0.717, 1.165) is 5.39 Å². The standard InChI is InChI=1S/C15H16ClN5O3/c16-10-3-1-2-8-6-11(13(17)20-18)19-14(12(8)10)24-9-4-5-21(7-9)15(22)23/h1-3,6,9H,4-5,7,18H2,(H2,17,20)(H,22,23). The van der Waals surface area contributed by atoms with Crippen LogP contribution in [0.5, 0.6) is 5.88 Å². The van der Waals surface area contributed by atoms with Crippen LogP contribution in [0.3, 0.4) is 0 Å². The third kappa shape index (κ3) is 3.06. The average Bonchev–Trinajstić information content (AvgIpc) is 3.02. The van der Waals surface area contributed by atoms with Crippen LogP contribution in [0.25, 0.3) is 10.8 Å². The fraction of sp³-hybridized carbons (Fsp3) is 0.267. The number of fused-ring (bicyclic) bond motifs is 1. The summed E-state index contributed by atoms with van der Waals surface area (Å²) in [5.74, 6) is 5.50. The van der Waals surface area contributed by atoms with Gasteiger partial charge < -0.3 is 20.2 Å². The van der Waals surface area contributed by atoms with E-state index in [-0.39, 0.29) is 24.4 Å². The van der Waals surface area contributed by atoms with E-state index < -0.39 is 6.09 Å². The van der Waals surface area contributed by atoms with Crippen molar-refractivity contribution in [2.75, 3.05) is 13.1 Å². The molecule has 24 heavy (non-hydrogen) atoms. The molecule has 1 aliphatic rings. The predicted molar refractivity (Wildman–Crippen MR) is 89.5 cm³/mol. The van der Waals surface area contributed by atoms with Crippen molar-refractivity contribution in [3.8, 4) is 5.88 Å². The molecule has 0 saturated carbocycles. The lowest BCUT2D eigenvalue weighted by Gasteiger charge is -2.17. The second-order valence-electron chi connectivity index (χ2n) is 5.43. The van der Waals surface area contributed by atoms with E-state index in [9.17, 15) is 4.79 Å². The molecule has 1 fully saturated rings. The molecule has 126 valence electrons. The van der Waals surface area contributed by atoms with Gasteiger partial charge in [0, 0.05) is 13.0 Å². The summed E-state index contributed by atoms with van der Waals surface area (Å²) < 4.78 is 5.92. The van der Waals surface area contributed by atoms with Gasteiger partial charge in [0.05, 0.1) is 17.0 Å². The molecule has 2 aromatic rings. The summed E-state index contributed by atoms with van der Waals surface area (Å²) in [6, 6.07) is 7.04. The Bertz CT molecular complexity index is 813. The summed E-state index contributed by atoms with van der Waals surface area (Å²) in [5.41, 5.74) is 2.56. The maximum Gasteiger partial charge on any atom is 0.407 e. The summed E-state index contributed by atoms with van der Waals surface area (Å²) in [5, 5.41) is 18.7. The lowest BCUT2D eigenvalue weighted by Crippen LogP contribution is -2.31. The molecule has 1 saturated heterocycles. The van der Waals surface area contributed by atoms with Gasteiger partial charge in [0.2, 0.25) is 5.88 Å². The topological polar surface area (TPSA) is 125 Å². The number of pyridine rings is 1. The molecule has 1 unspecified atom stereocenters. The number of amides is 1. The van der Waals surface area contributed by atoms with Gasteiger partial charge in [-0.3, -0.25) is 5.41 Å². The SMILES string of the molecule is N=C(NN)c1cc2cccc(Cl)c2c(OC2CCN(C(=O)O)C2)n1. The zero-order chi connectivity index (χ0) is 17.3. The van der Waals surface area contributed by atoms with Crippen LogP contribution in [0, 0.1) is 5.41 Å². The molecule has 0 spiro atoms. The lowest BCUT2D eigenvalue weighted by atomic mass is 10.1. The van der Waals surface area contributed by atoms with Crippen molar-refractivity contribution in [2.24, 2.45) is 5.84 Å². The molecule has 1 aromatic carbocycles. The van der Waals surface area contributed by atoms with Gasteiger partial charge in [0.15, 0.2) is 5.84 Å². The normalized spacial score (nSPS) is 17.1. The second kappa shape index (κ2) is 6.50. The van der Waals surface area contributed by atoms with Crippen LogP contribution in [-0.4, -0.2) is 46.1 Å². The Morgan fingerprint density at radius 3 is 3.00 bits per heavy atom. The summed E-state index contributed by atoms with van der Waals surface area (Å²) >= 11 is 6.27. The van der Waals surface area contributed by atoms with Crippen molar-refractivity contribution in [3.05, 3.63) is 35.0 Å². The van der Waals surface area contributed by atoms with Crippen molar-refractivity contribution >= 4 is 34.3 Å². The monoisotopic (exact) mass is 349 g/mol. The summed E-state index contributed by atoms with van der Waals surface area (Å²) in [6.45, 7) is 0.672. The zero-order valence-electron chi connectivity index (χ0n) is 12.6. The van der Waals surface area contributed by atoms with Crippen molar-refractivity contribution in [3.63, 3.8) is 0 Å². The highest BCUT2D eigenvalue weighted by molar-refractivity contribution is 6.36. The van der Waals surface area contributed by atoms with E-state index in [2.05, 4.69) is 10.4 Å². The summed E-state index contributed by atoms with van der Waals surface area (Å²) in [6.07, 6.45) is -0.723. The van der Waals surface area contributed by atoms with Crippen molar-refractivity contribution in [2.45, 2.75) is 12.5 Å². The Hall–Kier alpha value is -2.58. The first-order valence-corrected chi connectivity index (χ1v) is 7.66. The highest BCUT2D eigenvalue weighted by Crippen LogP contribution is 2.32. The molecule has 8 nitrogen and oxygen atoms in total. The summed E-state index contributed by atoms with van der Waals surface area (Å²) in [4.78, 5) is 16.7. The smallest absolute Gasteiger partial charge is 0.407 e. The van der Waals surface area contributed by atoms with Crippen molar-refractivity contribution in [1.82, 2.24) is 15.3 Å². The van der Waals surface area contributed by atoms with Crippen molar-refractivity contribution < 1.29 is 14.6 Å². The fourth-order valence-corrected chi connectivity index (χ4v) is 2.94. The molecular formula is C15H16ClN5O3. The van der Waals surface area contributed by atoms with Gasteiger partial charge in [-0.05, 0) is 17.5 Å². The first-order valence-electron chi connectivity index (χ1n) is 7.29. The number of carbonyl (C=O) groups is 1. The number of likely N-dealkylation sites (tertiary alicyclic amines) is 1. The molecule has 0 bridgehead atoms. The number of hydrogen-bond donors (Lipinski definition) is 4. The number of hydrazine groups is 1. The van der Waals surface area contributed by atoms with Gasteiger partial charge in [0.25, 0.3) is 0 Å². The molecule has 0 radical (unpaired) electrons. The largest absolute Gasteiger partial charge is 0.472 e. The Labute approximate surface area is 142 Å². The highest BCUT2D eigenvalue weighted by atomic mass is 35.5. The van der Waals surface area contributed by atoms with E-state index in [0.29, 0.717) is 29.1 Å². The lowest BCUT2D eigenvalue weighted by molar-refractivity contribution is 0.145. The second-order valence-corrected chi connectivity index (χ2v) is 5.83.